The van der Waals surface area contributed by atoms with Crippen molar-refractivity contribution in [1.82, 2.24) is 4.90 Å². The number of nitrogens with zero attached hydrogens (tertiary/aromatic N) is 1. The lowest BCUT2D eigenvalue weighted by atomic mass is 10.0. The van der Waals surface area contributed by atoms with Crippen molar-refractivity contribution in [2.24, 2.45) is 5.92 Å². The fraction of sp³-hybridized carbons (Fsp3) is 0.267. The second-order valence-electron chi connectivity index (χ2n) is 5.00. The molecule has 0 atom stereocenters. The van der Waals surface area contributed by atoms with Crippen LogP contribution in [0.5, 0.6) is 0 Å². The van der Waals surface area contributed by atoms with E-state index in [1.54, 1.807) is 23.5 Å². The van der Waals surface area contributed by atoms with E-state index in [4.69, 9.17) is 5.11 Å². The van der Waals surface area contributed by atoms with Gasteiger partial charge >= 0.3 is 5.97 Å². The van der Waals surface area contributed by atoms with Crippen LogP contribution in [0.15, 0.2) is 36.4 Å². The van der Waals surface area contributed by atoms with Gasteiger partial charge in [0.1, 0.15) is 5.82 Å². The number of carboxylic acids is 1. The van der Waals surface area contributed by atoms with Crippen molar-refractivity contribution in [1.29, 1.82) is 0 Å². The highest BCUT2D eigenvalue weighted by atomic mass is 32.1. The smallest absolute Gasteiger partial charge is 0.309 e. The second-order valence-corrected chi connectivity index (χ2v) is 6.17. The van der Waals surface area contributed by atoms with Crippen LogP contribution < -0.4 is 0 Å². The zero-order valence-electron chi connectivity index (χ0n) is 10.8. The Balaban J connectivity index is 1.63. The minimum Gasteiger partial charge on any atom is -0.481 e. The number of carboxylic acid groups (broad SMARTS) is 1. The van der Waals surface area contributed by atoms with Crippen LogP contribution in [0.3, 0.4) is 0 Å². The largest absolute Gasteiger partial charge is 0.481 e. The van der Waals surface area contributed by atoms with Gasteiger partial charge < -0.3 is 5.11 Å². The van der Waals surface area contributed by atoms with Gasteiger partial charge in [0.2, 0.25) is 0 Å². The second kappa shape index (κ2) is 5.34. The summed E-state index contributed by atoms with van der Waals surface area (Å²) in [6.07, 6.45) is 0. The lowest BCUT2D eigenvalue weighted by Gasteiger charge is -2.36. The monoisotopic (exact) mass is 291 g/mol. The summed E-state index contributed by atoms with van der Waals surface area (Å²) in [6.45, 7) is 2.04. The average molecular weight is 291 g/mol. The minimum absolute atomic E-state index is 0.216. The zero-order chi connectivity index (χ0) is 14.1. The summed E-state index contributed by atoms with van der Waals surface area (Å²) in [7, 11) is 0. The third kappa shape index (κ3) is 2.73. The van der Waals surface area contributed by atoms with Crippen molar-refractivity contribution in [3.05, 3.63) is 47.1 Å². The molecular weight excluding hydrogens is 277 g/mol. The predicted octanol–water partition coefficient (Wildman–Crippen LogP) is 3.07. The molecule has 1 aromatic carbocycles. The standard InChI is InChI=1S/C15H14FNO2S/c16-12-3-1-10(2-4-12)14-6-5-13(20-14)9-17-7-11(8-17)15(18)19/h1-6,11H,7-9H2,(H,18,19). The number of thiophene rings is 1. The molecule has 0 saturated carbocycles. The van der Waals surface area contributed by atoms with Gasteiger partial charge in [-0.2, -0.15) is 0 Å². The Morgan fingerprint density at radius 2 is 1.95 bits per heavy atom. The van der Waals surface area contributed by atoms with Gasteiger partial charge in [-0.1, -0.05) is 12.1 Å². The minimum atomic E-state index is -0.709. The Labute approximate surface area is 120 Å². The Hall–Kier alpha value is -1.72. The molecule has 1 fully saturated rings. The molecule has 1 aliphatic heterocycles. The van der Waals surface area contributed by atoms with Gasteiger partial charge in [0.15, 0.2) is 0 Å². The summed E-state index contributed by atoms with van der Waals surface area (Å²) < 4.78 is 12.9. The number of carbonyl (C=O) groups is 1. The Kier molecular flexibility index (Phi) is 3.54. The number of likely N-dealkylation sites (tertiary alicyclic amines) is 1. The predicted molar refractivity (Wildman–Crippen MR) is 76.1 cm³/mol. The first kappa shape index (κ1) is 13.3. The third-order valence-electron chi connectivity index (χ3n) is 3.48. The van der Waals surface area contributed by atoms with E-state index in [0.29, 0.717) is 13.1 Å². The van der Waals surface area contributed by atoms with Crippen LogP contribution in [0, 0.1) is 11.7 Å². The van der Waals surface area contributed by atoms with Crippen molar-refractivity contribution in [2.45, 2.75) is 6.54 Å². The first-order valence-electron chi connectivity index (χ1n) is 6.41. The van der Waals surface area contributed by atoms with Gasteiger partial charge in [0, 0.05) is 29.4 Å². The molecular formula is C15H14FNO2S. The van der Waals surface area contributed by atoms with Crippen molar-refractivity contribution in [3.63, 3.8) is 0 Å². The van der Waals surface area contributed by atoms with Crippen molar-refractivity contribution >= 4 is 17.3 Å². The lowest BCUT2D eigenvalue weighted by molar-refractivity contribution is -0.147. The van der Waals surface area contributed by atoms with E-state index in [1.165, 1.54) is 17.0 Å². The number of benzene rings is 1. The van der Waals surface area contributed by atoms with Gasteiger partial charge in [-0.05, 0) is 29.8 Å². The number of halogens is 1. The van der Waals surface area contributed by atoms with Gasteiger partial charge in [-0.3, -0.25) is 9.69 Å². The molecule has 5 heteroatoms. The molecule has 0 amide bonds. The lowest BCUT2D eigenvalue weighted by Crippen LogP contribution is -2.49. The normalized spacial score (nSPS) is 16.1. The number of rotatable bonds is 4. The number of aliphatic carboxylic acids is 1. The van der Waals surface area contributed by atoms with Crippen LogP contribution in [-0.2, 0) is 11.3 Å². The van der Waals surface area contributed by atoms with Gasteiger partial charge in [-0.25, -0.2) is 4.39 Å². The maximum atomic E-state index is 12.9. The molecule has 2 heterocycles. The van der Waals surface area contributed by atoms with E-state index in [9.17, 15) is 9.18 Å². The molecule has 2 aromatic rings. The highest BCUT2D eigenvalue weighted by molar-refractivity contribution is 7.15. The number of hydrogen-bond donors (Lipinski definition) is 1. The quantitative estimate of drug-likeness (QED) is 0.941. The van der Waals surface area contributed by atoms with Crippen LogP contribution in [0.25, 0.3) is 10.4 Å². The summed E-state index contributed by atoms with van der Waals surface area (Å²) in [5, 5.41) is 8.84. The molecule has 1 aliphatic rings. The van der Waals surface area contributed by atoms with Gasteiger partial charge in [0.25, 0.3) is 0 Å². The maximum absolute atomic E-state index is 12.9. The van der Waals surface area contributed by atoms with Crippen LogP contribution in [-0.4, -0.2) is 29.1 Å². The van der Waals surface area contributed by atoms with Crippen LogP contribution >= 0.6 is 11.3 Å². The molecule has 104 valence electrons. The van der Waals surface area contributed by atoms with E-state index in [2.05, 4.69) is 11.0 Å². The molecule has 0 unspecified atom stereocenters. The highest BCUT2D eigenvalue weighted by Crippen LogP contribution is 2.30. The van der Waals surface area contributed by atoms with Crippen molar-refractivity contribution in [3.8, 4) is 10.4 Å². The average Bonchev–Trinajstić information content (AvgIpc) is 2.82. The van der Waals surface area contributed by atoms with E-state index < -0.39 is 5.97 Å². The van der Waals surface area contributed by atoms with Gasteiger partial charge in [-0.15, -0.1) is 11.3 Å². The summed E-state index contributed by atoms with van der Waals surface area (Å²) >= 11 is 1.67. The topological polar surface area (TPSA) is 40.5 Å². The molecule has 3 rings (SSSR count). The first-order chi connectivity index (χ1) is 9.61. The van der Waals surface area contributed by atoms with E-state index >= 15 is 0 Å². The fourth-order valence-electron chi connectivity index (χ4n) is 2.31. The SMILES string of the molecule is O=C(O)C1CN(Cc2ccc(-c3ccc(F)cc3)s2)C1. The molecule has 0 radical (unpaired) electrons. The van der Waals surface area contributed by atoms with Gasteiger partial charge in [0.05, 0.1) is 5.92 Å². The highest BCUT2D eigenvalue weighted by Gasteiger charge is 2.32. The summed E-state index contributed by atoms with van der Waals surface area (Å²) in [5.74, 6) is -1.16. The summed E-state index contributed by atoms with van der Waals surface area (Å²) in [5.41, 5.74) is 1.01. The summed E-state index contributed by atoms with van der Waals surface area (Å²) in [6, 6.07) is 10.5. The Morgan fingerprint density at radius 3 is 2.60 bits per heavy atom. The first-order valence-corrected chi connectivity index (χ1v) is 7.23. The van der Waals surface area contributed by atoms with E-state index in [-0.39, 0.29) is 11.7 Å². The molecule has 1 N–H and O–H groups in total. The molecule has 20 heavy (non-hydrogen) atoms. The fourth-order valence-corrected chi connectivity index (χ4v) is 3.36. The molecule has 0 spiro atoms. The molecule has 3 nitrogen and oxygen atoms in total. The Morgan fingerprint density at radius 1 is 1.25 bits per heavy atom. The van der Waals surface area contributed by atoms with Crippen LogP contribution in [0.4, 0.5) is 4.39 Å². The van der Waals surface area contributed by atoms with E-state index in [1.807, 2.05) is 6.07 Å². The summed E-state index contributed by atoms with van der Waals surface area (Å²) in [4.78, 5) is 15.2. The van der Waals surface area contributed by atoms with Crippen LogP contribution in [0.2, 0.25) is 0 Å². The van der Waals surface area contributed by atoms with Crippen molar-refractivity contribution in [2.75, 3.05) is 13.1 Å². The zero-order valence-corrected chi connectivity index (χ0v) is 11.6. The molecule has 1 saturated heterocycles. The maximum Gasteiger partial charge on any atom is 0.309 e. The van der Waals surface area contributed by atoms with Crippen molar-refractivity contribution < 1.29 is 14.3 Å². The third-order valence-corrected chi connectivity index (χ3v) is 4.60. The van der Waals surface area contributed by atoms with E-state index in [0.717, 1.165) is 17.0 Å². The molecule has 0 bridgehead atoms. The van der Waals surface area contributed by atoms with Crippen LogP contribution in [0.1, 0.15) is 4.88 Å². The molecule has 1 aromatic heterocycles. The Bertz CT molecular complexity index is 617. The number of hydrogen-bond acceptors (Lipinski definition) is 3. The molecule has 0 aliphatic carbocycles.